The molecule has 4 aliphatic rings. The molecule has 5 atom stereocenters. The molecular formula is C50H52N4O6Si. The van der Waals surface area contributed by atoms with E-state index < -0.39 is 19.8 Å². The molecule has 4 aliphatic heterocycles. The second-order valence-corrected chi connectivity index (χ2v) is 22.1. The van der Waals surface area contributed by atoms with Gasteiger partial charge in [-0.1, -0.05) is 122 Å². The maximum absolute atomic E-state index is 15.5. The van der Waals surface area contributed by atoms with Crippen molar-refractivity contribution in [3.8, 4) is 5.75 Å². The number of nitrogens with zero attached hydrogens (tertiary/aromatic N) is 4. The number of methoxy groups -OCH3 is 1. The van der Waals surface area contributed by atoms with Crippen LogP contribution in [0.15, 0.2) is 132 Å². The standard InChI is InChI=1S/C50H52N4O6Si/c1-33-48(61(3,4)41-23-21-40(59-2)22-24-41)45(29-47(57)52-31-37-17-9-8-16-36(37)28-39(52)32-55)60-50(33)42-19-10-11-20-44(42)53(49(50)58)30-34-13-12-18-38(27-34)54-46(56)26-25-43(51-54)35-14-6-5-7-15-35/h5-24,27,33,39,45,48,55H,25-26,28-32H2,1-4H3/t33-,39-,45+,48-,50+/m0/s1. The molecular weight excluding hydrogens is 781 g/mol. The number of benzene rings is 5. The summed E-state index contributed by atoms with van der Waals surface area (Å²) in [5, 5.41) is 18.0. The number of amides is 3. The van der Waals surface area contributed by atoms with E-state index in [2.05, 4.69) is 38.2 Å². The lowest BCUT2D eigenvalue weighted by Gasteiger charge is -2.39. The van der Waals surface area contributed by atoms with Crippen LogP contribution in [0.4, 0.5) is 11.4 Å². The van der Waals surface area contributed by atoms with E-state index in [1.54, 1.807) is 7.11 Å². The van der Waals surface area contributed by atoms with Crippen LogP contribution in [0.2, 0.25) is 18.6 Å². The summed E-state index contributed by atoms with van der Waals surface area (Å²) >= 11 is 0. The fourth-order valence-corrected chi connectivity index (χ4v) is 14.5. The van der Waals surface area contributed by atoms with Crippen LogP contribution >= 0.6 is 0 Å². The third kappa shape index (κ3) is 7.08. The molecule has 3 amide bonds. The lowest BCUT2D eigenvalue weighted by atomic mass is 9.82. The molecule has 61 heavy (non-hydrogen) atoms. The Morgan fingerprint density at radius 3 is 2.36 bits per heavy atom. The Bertz CT molecular complexity index is 2510. The minimum atomic E-state index is -2.53. The molecule has 4 heterocycles. The number of para-hydroxylation sites is 1. The maximum atomic E-state index is 15.5. The molecule has 0 aliphatic carbocycles. The monoisotopic (exact) mass is 832 g/mol. The van der Waals surface area contributed by atoms with E-state index in [1.165, 1.54) is 10.2 Å². The number of rotatable bonds is 10. The van der Waals surface area contributed by atoms with Crippen LogP contribution in [0.3, 0.4) is 0 Å². The second kappa shape index (κ2) is 16.2. The molecule has 10 nitrogen and oxygen atoms in total. The minimum absolute atomic E-state index is 0.0782. The zero-order chi connectivity index (χ0) is 42.5. The van der Waals surface area contributed by atoms with Gasteiger partial charge in [0.1, 0.15) is 5.75 Å². The average Bonchev–Trinajstić information content (AvgIpc) is 3.72. The highest BCUT2D eigenvalue weighted by molar-refractivity contribution is 6.91. The van der Waals surface area contributed by atoms with Gasteiger partial charge in [0.05, 0.1) is 64.0 Å². The van der Waals surface area contributed by atoms with Gasteiger partial charge in [0, 0.05) is 30.9 Å². The van der Waals surface area contributed by atoms with Crippen LogP contribution in [-0.4, -0.2) is 67.4 Å². The number of carbonyl (C=O) groups is 3. The Morgan fingerprint density at radius 1 is 0.885 bits per heavy atom. The van der Waals surface area contributed by atoms with E-state index in [-0.39, 0.29) is 54.8 Å². The summed E-state index contributed by atoms with van der Waals surface area (Å²) in [6.07, 6.45) is 0.992. The van der Waals surface area contributed by atoms with Crippen LogP contribution < -0.4 is 19.8 Å². The molecule has 0 saturated carbocycles. The van der Waals surface area contributed by atoms with Crippen LogP contribution in [0.5, 0.6) is 5.75 Å². The number of fused-ring (bicyclic) bond motifs is 3. The van der Waals surface area contributed by atoms with Crippen molar-refractivity contribution in [2.24, 2.45) is 11.0 Å². The Labute approximate surface area is 358 Å². The third-order valence-corrected chi connectivity index (χ3v) is 18.0. The molecule has 312 valence electrons. The molecule has 0 radical (unpaired) electrons. The van der Waals surface area contributed by atoms with Crippen molar-refractivity contribution in [1.29, 1.82) is 0 Å². The number of aliphatic hydroxyl groups is 1. The largest absolute Gasteiger partial charge is 0.497 e. The summed E-state index contributed by atoms with van der Waals surface area (Å²) in [7, 11) is -0.878. The maximum Gasteiger partial charge on any atom is 0.264 e. The van der Waals surface area contributed by atoms with Gasteiger partial charge in [-0.2, -0.15) is 5.10 Å². The van der Waals surface area contributed by atoms with Crippen molar-refractivity contribution < 1.29 is 29.0 Å². The molecule has 0 unspecified atom stereocenters. The highest BCUT2D eigenvalue weighted by atomic mass is 28.3. The predicted octanol–water partition coefficient (Wildman–Crippen LogP) is 7.33. The Hall–Kier alpha value is -5.88. The van der Waals surface area contributed by atoms with E-state index >= 15 is 4.79 Å². The molecule has 0 aromatic heterocycles. The number of carbonyl (C=O) groups excluding carboxylic acids is 3. The number of hydrazone groups is 1. The van der Waals surface area contributed by atoms with Gasteiger partial charge in [0.15, 0.2) is 5.60 Å². The molecule has 1 spiro atoms. The van der Waals surface area contributed by atoms with Crippen molar-refractivity contribution in [1.82, 2.24) is 4.90 Å². The summed E-state index contributed by atoms with van der Waals surface area (Å²) < 4.78 is 12.8. The summed E-state index contributed by atoms with van der Waals surface area (Å²) in [4.78, 5) is 47.1. The number of anilines is 2. The predicted molar refractivity (Wildman–Crippen MR) is 240 cm³/mol. The van der Waals surface area contributed by atoms with Gasteiger partial charge in [-0.25, -0.2) is 5.01 Å². The number of hydrogen-bond donors (Lipinski definition) is 1. The van der Waals surface area contributed by atoms with Gasteiger partial charge >= 0.3 is 0 Å². The molecule has 11 heteroatoms. The average molecular weight is 833 g/mol. The molecule has 1 N–H and O–H groups in total. The van der Waals surface area contributed by atoms with E-state index in [1.807, 2.05) is 119 Å². The zero-order valence-corrected chi connectivity index (χ0v) is 36.2. The fraction of sp³-hybridized carbons (Fsp3) is 0.320. The van der Waals surface area contributed by atoms with Gasteiger partial charge in [-0.15, -0.1) is 0 Å². The summed E-state index contributed by atoms with van der Waals surface area (Å²) in [6.45, 7) is 7.27. The van der Waals surface area contributed by atoms with Crippen molar-refractivity contribution >= 4 is 48.1 Å². The quantitative estimate of drug-likeness (QED) is 0.148. The first kappa shape index (κ1) is 40.5. The second-order valence-electron chi connectivity index (χ2n) is 17.4. The first-order valence-electron chi connectivity index (χ1n) is 21.3. The summed E-state index contributed by atoms with van der Waals surface area (Å²) in [6, 6.07) is 41.4. The topological polar surface area (TPSA) is 112 Å². The van der Waals surface area contributed by atoms with Gasteiger partial charge in [0.25, 0.3) is 5.91 Å². The third-order valence-electron chi connectivity index (χ3n) is 13.6. The number of ether oxygens (including phenoxy) is 2. The van der Waals surface area contributed by atoms with Crippen LogP contribution in [0, 0.1) is 5.92 Å². The molecule has 5 aromatic rings. The molecule has 1 fully saturated rings. The molecule has 9 rings (SSSR count). The highest BCUT2D eigenvalue weighted by Crippen LogP contribution is 2.60. The first-order valence-corrected chi connectivity index (χ1v) is 24.4. The summed E-state index contributed by atoms with van der Waals surface area (Å²) in [5.74, 6) is 0.128. The number of hydrogen-bond acceptors (Lipinski definition) is 7. The van der Waals surface area contributed by atoms with Crippen molar-refractivity contribution in [3.63, 3.8) is 0 Å². The first-order chi connectivity index (χ1) is 29.5. The molecule has 1 saturated heterocycles. The molecule has 0 bridgehead atoms. The Kier molecular flexibility index (Phi) is 10.8. The van der Waals surface area contributed by atoms with E-state index in [9.17, 15) is 14.7 Å². The van der Waals surface area contributed by atoms with Gasteiger partial charge in [-0.3, -0.25) is 14.4 Å². The smallest absolute Gasteiger partial charge is 0.264 e. The Balaban J connectivity index is 1.06. The van der Waals surface area contributed by atoms with Crippen molar-refractivity contribution in [2.75, 3.05) is 23.6 Å². The summed E-state index contributed by atoms with van der Waals surface area (Å²) in [5.41, 5.74) is 5.62. The normalized spacial score (nSPS) is 23.6. The van der Waals surface area contributed by atoms with Crippen LogP contribution in [0.1, 0.15) is 54.0 Å². The van der Waals surface area contributed by atoms with Crippen LogP contribution in [0.25, 0.3) is 0 Å². The van der Waals surface area contributed by atoms with E-state index in [0.29, 0.717) is 31.5 Å². The van der Waals surface area contributed by atoms with E-state index in [4.69, 9.17) is 14.6 Å². The SMILES string of the molecule is COc1ccc([Si](C)(C)[C@@H]2[C@@H](CC(=O)N3Cc4ccccc4C[C@H]3CO)O[C@]3(C(=O)N(Cc4cccc(N5N=C(c6ccccc6)CCC5=O)c4)c4ccccc43)[C@H]2C)cc1. The lowest BCUT2D eigenvalue weighted by molar-refractivity contribution is -0.151. The van der Waals surface area contributed by atoms with Gasteiger partial charge < -0.3 is 24.4 Å². The van der Waals surface area contributed by atoms with Crippen molar-refractivity contribution in [2.45, 2.75) is 82.1 Å². The van der Waals surface area contributed by atoms with Crippen molar-refractivity contribution in [3.05, 3.63) is 155 Å². The Morgan fingerprint density at radius 2 is 1.61 bits per heavy atom. The minimum Gasteiger partial charge on any atom is -0.497 e. The fourth-order valence-electron chi connectivity index (χ4n) is 10.5. The van der Waals surface area contributed by atoms with E-state index in [0.717, 1.165) is 45.0 Å². The molecule has 5 aromatic carbocycles. The number of aliphatic hydroxyl groups excluding tert-OH is 1. The van der Waals surface area contributed by atoms with Gasteiger partial charge in [-0.05, 0) is 64.5 Å². The highest BCUT2D eigenvalue weighted by Gasteiger charge is 2.66. The zero-order valence-electron chi connectivity index (χ0n) is 35.2. The van der Waals surface area contributed by atoms with Gasteiger partial charge in [0.2, 0.25) is 11.8 Å². The van der Waals surface area contributed by atoms with Crippen LogP contribution in [-0.2, 0) is 44.2 Å². The lowest BCUT2D eigenvalue weighted by Crippen LogP contribution is -2.52.